The van der Waals surface area contributed by atoms with Crippen molar-refractivity contribution in [2.75, 3.05) is 11.1 Å². The average molecular weight is 280 g/mol. The van der Waals surface area contributed by atoms with Crippen molar-refractivity contribution < 1.29 is 0 Å². The number of nitrogen functional groups attached to an aromatic ring is 1. The normalized spacial score (nSPS) is 10.3. The van der Waals surface area contributed by atoms with E-state index in [0.29, 0.717) is 12.1 Å². The third-order valence-corrected chi connectivity index (χ3v) is 3.82. The number of rotatable bonds is 3. The van der Waals surface area contributed by atoms with Crippen LogP contribution in [0.1, 0.15) is 5.56 Å². The van der Waals surface area contributed by atoms with Crippen molar-refractivity contribution in [1.82, 2.24) is 4.98 Å². The number of nitrogens with zero attached hydrogens (tertiary/aromatic N) is 2. The van der Waals surface area contributed by atoms with Crippen molar-refractivity contribution in [3.8, 4) is 6.07 Å². The molecule has 0 spiro atoms. The number of thiazole rings is 1. The third kappa shape index (κ3) is 2.42. The van der Waals surface area contributed by atoms with Crippen molar-refractivity contribution in [3.63, 3.8) is 0 Å². The summed E-state index contributed by atoms with van der Waals surface area (Å²) >= 11 is 1.61. The van der Waals surface area contributed by atoms with E-state index < -0.39 is 0 Å². The highest BCUT2D eigenvalue weighted by Gasteiger charge is 2.03. The molecule has 1 aromatic heterocycles. The van der Waals surface area contributed by atoms with E-state index in [0.717, 1.165) is 27.2 Å². The van der Waals surface area contributed by atoms with Crippen molar-refractivity contribution >= 4 is 38.6 Å². The largest absolute Gasteiger partial charge is 0.398 e. The number of hydrogen-bond acceptors (Lipinski definition) is 5. The summed E-state index contributed by atoms with van der Waals surface area (Å²) in [5.74, 6) is 0. The number of aromatic nitrogens is 1. The predicted molar refractivity (Wildman–Crippen MR) is 83.1 cm³/mol. The van der Waals surface area contributed by atoms with Gasteiger partial charge in [-0.2, -0.15) is 5.26 Å². The van der Waals surface area contributed by atoms with Crippen LogP contribution in [0.4, 0.5) is 17.1 Å². The van der Waals surface area contributed by atoms with Crippen molar-refractivity contribution in [2.45, 2.75) is 6.42 Å². The fraction of sp³-hybridized carbons (Fsp3) is 0.0667. The molecule has 0 bridgehead atoms. The fourth-order valence-electron chi connectivity index (χ4n) is 2.02. The first-order valence-corrected chi connectivity index (χ1v) is 7.00. The van der Waals surface area contributed by atoms with Gasteiger partial charge < -0.3 is 11.1 Å². The molecule has 0 radical (unpaired) electrons. The minimum Gasteiger partial charge on any atom is -0.398 e. The lowest BCUT2D eigenvalue weighted by Gasteiger charge is -2.09. The number of nitrogens with two attached hydrogens (primary N) is 1. The first-order chi connectivity index (χ1) is 9.76. The molecule has 0 unspecified atom stereocenters. The van der Waals surface area contributed by atoms with E-state index in [1.807, 2.05) is 35.8 Å². The summed E-state index contributed by atoms with van der Waals surface area (Å²) < 4.78 is 1.14. The van der Waals surface area contributed by atoms with Gasteiger partial charge in [-0.15, -0.1) is 11.3 Å². The van der Waals surface area contributed by atoms with Gasteiger partial charge in [0.2, 0.25) is 0 Å². The van der Waals surface area contributed by atoms with Crippen molar-refractivity contribution in [3.05, 3.63) is 47.5 Å². The lowest BCUT2D eigenvalue weighted by atomic mass is 10.1. The Morgan fingerprint density at radius 2 is 2.00 bits per heavy atom. The summed E-state index contributed by atoms with van der Waals surface area (Å²) in [6, 6.07) is 13.8. The zero-order valence-corrected chi connectivity index (χ0v) is 11.4. The number of benzene rings is 2. The molecule has 0 saturated heterocycles. The summed E-state index contributed by atoms with van der Waals surface area (Å²) in [5.41, 5.74) is 12.1. The Kier molecular flexibility index (Phi) is 3.23. The summed E-state index contributed by atoms with van der Waals surface area (Å²) in [7, 11) is 0. The minimum absolute atomic E-state index is 0.315. The molecular formula is C15H12N4S. The lowest BCUT2D eigenvalue weighted by Crippen LogP contribution is -1.96. The molecule has 1 heterocycles. The van der Waals surface area contributed by atoms with Crippen LogP contribution in [0, 0.1) is 11.3 Å². The summed E-state index contributed by atoms with van der Waals surface area (Å²) in [5, 5.41) is 12.1. The highest BCUT2D eigenvalue weighted by Crippen LogP contribution is 2.26. The Labute approximate surface area is 120 Å². The van der Waals surface area contributed by atoms with E-state index in [1.54, 1.807) is 11.3 Å². The maximum absolute atomic E-state index is 8.79. The number of nitrogens with one attached hydrogen (secondary N) is 1. The van der Waals surface area contributed by atoms with Crippen LogP contribution in [0.5, 0.6) is 0 Å². The van der Waals surface area contributed by atoms with Crippen LogP contribution >= 0.6 is 11.3 Å². The smallest absolute Gasteiger partial charge is 0.0813 e. The summed E-state index contributed by atoms with van der Waals surface area (Å²) in [6.07, 6.45) is 0.315. The molecule has 3 N–H and O–H groups in total. The fourth-order valence-corrected chi connectivity index (χ4v) is 2.74. The highest BCUT2D eigenvalue weighted by atomic mass is 32.1. The predicted octanol–water partition coefficient (Wildman–Crippen LogP) is 3.69. The molecule has 0 atom stereocenters. The molecular weight excluding hydrogens is 268 g/mol. The molecule has 0 aliphatic carbocycles. The molecule has 5 heteroatoms. The van der Waals surface area contributed by atoms with E-state index in [2.05, 4.69) is 22.4 Å². The number of fused-ring (bicyclic) bond motifs is 1. The molecule has 20 heavy (non-hydrogen) atoms. The van der Waals surface area contributed by atoms with Crippen molar-refractivity contribution in [2.24, 2.45) is 0 Å². The maximum atomic E-state index is 8.79. The molecule has 98 valence electrons. The molecule has 0 saturated carbocycles. The quantitative estimate of drug-likeness (QED) is 0.717. The minimum atomic E-state index is 0.315. The van der Waals surface area contributed by atoms with Crippen LogP contribution in [0.3, 0.4) is 0 Å². The number of hydrogen-bond donors (Lipinski definition) is 2. The van der Waals surface area contributed by atoms with Crippen LogP contribution in [0.2, 0.25) is 0 Å². The highest BCUT2D eigenvalue weighted by molar-refractivity contribution is 7.16. The van der Waals surface area contributed by atoms with Crippen molar-refractivity contribution in [1.29, 1.82) is 5.26 Å². The van der Waals surface area contributed by atoms with Crippen LogP contribution in [0.25, 0.3) is 10.2 Å². The van der Waals surface area contributed by atoms with Crippen LogP contribution in [0.15, 0.2) is 41.9 Å². The summed E-state index contributed by atoms with van der Waals surface area (Å²) in [4.78, 5) is 4.26. The molecule has 3 aromatic rings. The van der Waals surface area contributed by atoms with Gasteiger partial charge in [0, 0.05) is 17.1 Å². The second-order valence-corrected chi connectivity index (χ2v) is 5.29. The number of anilines is 3. The van der Waals surface area contributed by atoms with Gasteiger partial charge in [0.25, 0.3) is 0 Å². The molecule has 0 aliphatic rings. The van der Waals surface area contributed by atoms with Gasteiger partial charge in [0.1, 0.15) is 0 Å². The standard InChI is InChI=1S/C15H12N4S/c16-6-5-10-7-11(1-3-13(10)17)19-12-2-4-14-15(8-12)20-9-18-14/h1-4,7-9,19H,5,17H2. The Bertz CT molecular complexity index is 801. The second-order valence-electron chi connectivity index (χ2n) is 4.41. The zero-order chi connectivity index (χ0) is 13.9. The Hall–Kier alpha value is -2.58. The van der Waals surface area contributed by atoms with Gasteiger partial charge >= 0.3 is 0 Å². The Morgan fingerprint density at radius 1 is 1.20 bits per heavy atom. The van der Waals surface area contributed by atoms with Gasteiger partial charge in [-0.1, -0.05) is 0 Å². The van der Waals surface area contributed by atoms with E-state index in [-0.39, 0.29) is 0 Å². The third-order valence-electron chi connectivity index (χ3n) is 3.03. The van der Waals surface area contributed by atoms with Gasteiger partial charge in [0.05, 0.1) is 28.2 Å². The summed E-state index contributed by atoms with van der Waals surface area (Å²) in [6.45, 7) is 0. The molecule has 0 amide bonds. The van der Waals surface area contributed by atoms with E-state index in [1.165, 1.54) is 0 Å². The topological polar surface area (TPSA) is 74.7 Å². The molecule has 3 rings (SSSR count). The Morgan fingerprint density at radius 3 is 2.85 bits per heavy atom. The van der Waals surface area contributed by atoms with E-state index in [9.17, 15) is 0 Å². The molecule has 2 aromatic carbocycles. The Balaban J connectivity index is 1.90. The number of nitriles is 1. The van der Waals surface area contributed by atoms with Gasteiger partial charge in [-0.05, 0) is 42.0 Å². The monoisotopic (exact) mass is 280 g/mol. The molecule has 0 aliphatic heterocycles. The first-order valence-electron chi connectivity index (χ1n) is 6.12. The van der Waals surface area contributed by atoms with Gasteiger partial charge in [0.15, 0.2) is 0 Å². The van der Waals surface area contributed by atoms with Gasteiger partial charge in [-0.3, -0.25) is 0 Å². The average Bonchev–Trinajstić information content (AvgIpc) is 2.90. The first kappa shape index (κ1) is 12.5. The maximum Gasteiger partial charge on any atom is 0.0813 e. The lowest BCUT2D eigenvalue weighted by molar-refractivity contribution is 1.27. The van der Waals surface area contributed by atoms with Crippen LogP contribution < -0.4 is 11.1 Å². The van der Waals surface area contributed by atoms with E-state index >= 15 is 0 Å². The van der Waals surface area contributed by atoms with E-state index in [4.69, 9.17) is 11.0 Å². The molecule has 0 fully saturated rings. The van der Waals surface area contributed by atoms with Crippen LogP contribution in [-0.4, -0.2) is 4.98 Å². The van der Waals surface area contributed by atoms with Gasteiger partial charge in [-0.25, -0.2) is 4.98 Å². The zero-order valence-electron chi connectivity index (χ0n) is 10.6. The van der Waals surface area contributed by atoms with Crippen LogP contribution in [-0.2, 0) is 6.42 Å². The SMILES string of the molecule is N#CCc1cc(Nc2ccc3ncsc3c2)ccc1N. The molecule has 4 nitrogen and oxygen atoms in total. The second kappa shape index (κ2) is 5.19.